The van der Waals surface area contributed by atoms with E-state index in [0.717, 1.165) is 0 Å². The predicted molar refractivity (Wildman–Crippen MR) is 56.2 cm³/mol. The number of nitrogens with zero attached hydrogens (tertiary/aromatic N) is 1. The van der Waals surface area contributed by atoms with E-state index in [1.54, 1.807) is 0 Å². The Labute approximate surface area is 90.6 Å². The SMILES string of the molecule is N#CCCNC(=O)OCC1CCCCC1. The molecule has 0 spiro atoms. The van der Waals surface area contributed by atoms with E-state index >= 15 is 0 Å². The first-order chi connectivity index (χ1) is 7.33. The van der Waals surface area contributed by atoms with Gasteiger partial charge in [0, 0.05) is 6.54 Å². The number of carbonyl (C=O) groups excluding carboxylic acids is 1. The first-order valence-corrected chi connectivity index (χ1v) is 5.60. The Morgan fingerprint density at radius 3 is 2.80 bits per heavy atom. The molecule has 0 aliphatic heterocycles. The highest BCUT2D eigenvalue weighted by atomic mass is 16.5. The van der Waals surface area contributed by atoms with E-state index in [1.165, 1.54) is 32.1 Å². The molecular weight excluding hydrogens is 192 g/mol. The minimum absolute atomic E-state index is 0.332. The zero-order chi connectivity index (χ0) is 10.9. The summed E-state index contributed by atoms with van der Waals surface area (Å²) in [5, 5.41) is 10.8. The van der Waals surface area contributed by atoms with Crippen LogP contribution in [0.3, 0.4) is 0 Å². The summed E-state index contributed by atoms with van der Waals surface area (Å²) in [7, 11) is 0. The van der Waals surface area contributed by atoms with Crippen LogP contribution in [0.15, 0.2) is 0 Å². The van der Waals surface area contributed by atoms with Crippen LogP contribution in [0.1, 0.15) is 38.5 Å². The molecule has 0 bridgehead atoms. The van der Waals surface area contributed by atoms with Crippen molar-refractivity contribution in [3.63, 3.8) is 0 Å². The monoisotopic (exact) mass is 210 g/mol. The molecule has 1 fully saturated rings. The van der Waals surface area contributed by atoms with E-state index in [9.17, 15) is 4.79 Å². The molecule has 1 N–H and O–H groups in total. The van der Waals surface area contributed by atoms with Crippen molar-refractivity contribution in [2.45, 2.75) is 38.5 Å². The summed E-state index contributed by atoms with van der Waals surface area (Å²) in [6.07, 6.45) is 6.10. The predicted octanol–water partition coefficient (Wildman–Crippen LogP) is 2.21. The number of nitriles is 1. The maximum atomic E-state index is 11.1. The molecule has 84 valence electrons. The summed E-state index contributed by atoms with van der Waals surface area (Å²) in [5.41, 5.74) is 0. The van der Waals surface area contributed by atoms with E-state index < -0.39 is 6.09 Å². The van der Waals surface area contributed by atoms with Crippen LogP contribution in [0, 0.1) is 17.2 Å². The van der Waals surface area contributed by atoms with Crippen molar-refractivity contribution in [2.75, 3.05) is 13.2 Å². The summed E-state index contributed by atoms with van der Waals surface area (Å²) in [6.45, 7) is 0.901. The summed E-state index contributed by atoms with van der Waals surface area (Å²) in [4.78, 5) is 11.1. The van der Waals surface area contributed by atoms with Crippen molar-refractivity contribution in [3.8, 4) is 6.07 Å². The van der Waals surface area contributed by atoms with Crippen molar-refractivity contribution < 1.29 is 9.53 Å². The Morgan fingerprint density at radius 1 is 1.40 bits per heavy atom. The molecule has 1 amide bonds. The molecule has 0 aromatic heterocycles. The molecule has 1 saturated carbocycles. The third kappa shape index (κ3) is 5.26. The number of carbonyl (C=O) groups is 1. The lowest BCUT2D eigenvalue weighted by molar-refractivity contribution is 0.116. The fraction of sp³-hybridized carbons (Fsp3) is 0.818. The maximum Gasteiger partial charge on any atom is 0.407 e. The Kier molecular flexibility index (Phi) is 5.60. The summed E-state index contributed by atoms with van der Waals surface area (Å²) in [5.74, 6) is 0.542. The van der Waals surface area contributed by atoms with Crippen LogP contribution in [0.5, 0.6) is 0 Å². The topological polar surface area (TPSA) is 62.1 Å². The molecule has 0 aromatic carbocycles. The van der Waals surface area contributed by atoms with Gasteiger partial charge in [0.05, 0.1) is 19.1 Å². The number of rotatable bonds is 4. The lowest BCUT2D eigenvalue weighted by atomic mass is 9.90. The molecule has 1 aliphatic carbocycles. The van der Waals surface area contributed by atoms with Crippen LogP contribution in [0.2, 0.25) is 0 Å². The van der Waals surface area contributed by atoms with Gasteiger partial charge in [-0.05, 0) is 18.8 Å². The highest BCUT2D eigenvalue weighted by Gasteiger charge is 2.15. The van der Waals surface area contributed by atoms with E-state index in [-0.39, 0.29) is 0 Å². The highest BCUT2D eigenvalue weighted by molar-refractivity contribution is 5.67. The van der Waals surface area contributed by atoms with Crippen LogP contribution in [-0.4, -0.2) is 19.2 Å². The fourth-order valence-corrected chi connectivity index (χ4v) is 1.82. The molecule has 15 heavy (non-hydrogen) atoms. The van der Waals surface area contributed by atoms with E-state index in [4.69, 9.17) is 10.00 Å². The van der Waals surface area contributed by atoms with Gasteiger partial charge in [-0.1, -0.05) is 19.3 Å². The third-order valence-corrected chi connectivity index (χ3v) is 2.68. The largest absolute Gasteiger partial charge is 0.449 e. The number of ether oxygens (including phenoxy) is 1. The van der Waals surface area contributed by atoms with E-state index in [0.29, 0.717) is 25.5 Å². The van der Waals surface area contributed by atoms with Crippen molar-refractivity contribution >= 4 is 6.09 Å². The van der Waals surface area contributed by atoms with Crippen LogP contribution in [-0.2, 0) is 4.74 Å². The van der Waals surface area contributed by atoms with E-state index in [2.05, 4.69) is 5.32 Å². The highest BCUT2D eigenvalue weighted by Crippen LogP contribution is 2.23. The van der Waals surface area contributed by atoms with Gasteiger partial charge >= 0.3 is 6.09 Å². The molecule has 4 nitrogen and oxygen atoms in total. The first-order valence-electron chi connectivity index (χ1n) is 5.60. The van der Waals surface area contributed by atoms with Gasteiger partial charge in [0.2, 0.25) is 0 Å². The quantitative estimate of drug-likeness (QED) is 0.723. The molecule has 1 rings (SSSR count). The average molecular weight is 210 g/mol. The Balaban J connectivity index is 2.03. The molecule has 0 heterocycles. The molecule has 0 atom stereocenters. The minimum atomic E-state index is -0.393. The van der Waals surface area contributed by atoms with Crippen LogP contribution in [0.25, 0.3) is 0 Å². The van der Waals surface area contributed by atoms with Crippen LogP contribution < -0.4 is 5.32 Å². The summed E-state index contributed by atoms with van der Waals surface area (Å²) >= 11 is 0. The normalized spacial score (nSPS) is 16.7. The Hall–Kier alpha value is -1.24. The number of nitrogens with one attached hydrogen (secondary N) is 1. The number of amides is 1. The average Bonchev–Trinajstić information content (AvgIpc) is 2.28. The molecule has 4 heteroatoms. The van der Waals surface area contributed by atoms with Gasteiger partial charge in [0.25, 0.3) is 0 Å². The lowest BCUT2D eigenvalue weighted by Crippen LogP contribution is -2.27. The Bertz CT molecular complexity index is 229. The number of hydrogen-bond acceptors (Lipinski definition) is 3. The molecule has 0 aromatic rings. The second-order valence-corrected chi connectivity index (χ2v) is 3.94. The van der Waals surface area contributed by atoms with Crippen molar-refractivity contribution in [1.29, 1.82) is 5.26 Å². The minimum Gasteiger partial charge on any atom is -0.449 e. The van der Waals surface area contributed by atoms with E-state index in [1.807, 2.05) is 6.07 Å². The molecule has 0 saturated heterocycles. The summed E-state index contributed by atoms with van der Waals surface area (Å²) < 4.78 is 5.07. The second-order valence-electron chi connectivity index (χ2n) is 3.94. The van der Waals surface area contributed by atoms with Gasteiger partial charge in [-0.2, -0.15) is 5.26 Å². The molecule has 1 aliphatic rings. The van der Waals surface area contributed by atoms with Gasteiger partial charge in [-0.25, -0.2) is 4.79 Å². The van der Waals surface area contributed by atoms with Gasteiger partial charge in [-0.3, -0.25) is 0 Å². The first kappa shape index (κ1) is 11.8. The van der Waals surface area contributed by atoms with Crippen molar-refractivity contribution in [1.82, 2.24) is 5.32 Å². The fourth-order valence-electron chi connectivity index (χ4n) is 1.82. The lowest BCUT2D eigenvalue weighted by Gasteiger charge is -2.20. The van der Waals surface area contributed by atoms with Gasteiger partial charge in [0.1, 0.15) is 0 Å². The standard InChI is InChI=1S/C11H18N2O2/c12-7-4-8-13-11(14)15-9-10-5-2-1-3-6-10/h10H,1-6,8-9H2,(H,13,14). The third-order valence-electron chi connectivity index (χ3n) is 2.68. The molecule has 0 radical (unpaired) electrons. The summed E-state index contributed by atoms with van der Waals surface area (Å²) in [6, 6.07) is 1.96. The Morgan fingerprint density at radius 2 is 2.13 bits per heavy atom. The van der Waals surface area contributed by atoms with Crippen LogP contribution in [0.4, 0.5) is 4.79 Å². The van der Waals surface area contributed by atoms with Gasteiger partial charge < -0.3 is 10.1 Å². The smallest absolute Gasteiger partial charge is 0.407 e. The molecular formula is C11H18N2O2. The number of hydrogen-bond donors (Lipinski definition) is 1. The van der Waals surface area contributed by atoms with Crippen LogP contribution >= 0.6 is 0 Å². The maximum absolute atomic E-state index is 11.1. The van der Waals surface area contributed by atoms with Crippen molar-refractivity contribution in [2.24, 2.45) is 5.92 Å². The van der Waals surface area contributed by atoms with Gasteiger partial charge in [-0.15, -0.1) is 0 Å². The molecule has 0 unspecified atom stereocenters. The number of alkyl carbamates (subject to hydrolysis) is 1. The zero-order valence-electron chi connectivity index (χ0n) is 9.00. The zero-order valence-corrected chi connectivity index (χ0v) is 9.00. The van der Waals surface area contributed by atoms with Gasteiger partial charge in [0.15, 0.2) is 0 Å². The van der Waals surface area contributed by atoms with Crippen molar-refractivity contribution in [3.05, 3.63) is 0 Å². The second kappa shape index (κ2) is 7.10.